The highest BCUT2D eigenvalue weighted by molar-refractivity contribution is 6.30. The van der Waals surface area contributed by atoms with Gasteiger partial charge in [0.25, 0.3) is 0 Å². The molecule has 2 aromatic rings. The number of pyridine rings is 1. The minimum Gasteiger partial charge on any atom is -0.396 e. The van der Waals surface area contributed by atoms with Crippen molar-refractivity contribution in [3.05, 3.63) is 41.4 Å². The van der Waals surface area contributed by atoms with E-state index in [1.54, 1.807) is 6.07 Å². The molecule has 4 N–H and O–H groups in total. The lowest BCUT2D eigenvalue weighted by Gasteiger charge is -2.04. The average molecular weight is 220 g/mol. The Morgan fingerprint density at radius 2 is 1.60 bits per heavy atom. The molecule has 0 amide bonds. The zero-order valence-corrected chi connectivity index (χ0v) is 8.70. The van der Waals surface area contributed by atoms with Gasteiger partial charge in [-0.1, -0.05) is 23.7 Å². The molecule has 0 spiro atoms. The Morgan fingerprint density at radius 1 is 0.933 bits per heavy atom. The van der Waals surface area contributed by atoms with Crippen LogP contribution >= 0.6 is 11.6 Å². The SMILES string of the molecule is Nc1ccc(-c2ccc(Cl)cc2)nc1N. The van der Waals surface area contributed by atoms with E-state index >= 15 is 0 Å². The van der Waals surface area contributed by atoms with Crippen LogP contribution in [0.2, 0.25) is 5.02 Å². The highest BCUT2D eigenvalue weighted by Gasteiger charge is 2.01. The van der Waals surface area contributed by atoms with Gasteiger partial charge in [-0.3, -0.25) is 0 Å². The molecule has 15 heavy (non-hydrogen) atoms. The monoisotopic (exact) mass is 219 g/mol. The summed E-state index contributed by atoms with van der Waals surface area (Å²) in [6.07, 6.45) is 0. The standard InChI is InChI=1S/C11H10ClN3/c12-8-3-1-7(2-4-8)10-6-5-9(13)11(14)15-10/h1-6H,13H2,(H2,14,15). The van der Waals surface area contributed by atoms with Gasteiger partial charge in [0.15, 0.2) is 0 Å². The van der Waals surface area contributed by atoms with Gasteiger partial charge in [0.1, 0.15) is 5.82 Å². The third-order valence-electron chi connectivity index (χ3n) is 2.10. The van der Waals surface area contributed by atoms with Gasteiger partial charge in [-0.25, -0.2) is 4.98 Å². The molecule has 76 valence electrons. The maximum Gasteiger partial charge on any atom is 0.147 e. The lowest BCUT2D eigenvalue weighted by atomic mass is 10.1. The van der Waals surface area contributed by atoms with Crippen LogP contribution in [0.5, 0.6) is 0 Å². The van der Waals surface area contributed by atoms with Crippen LogP contribution in [0, 0.1) is 0 Å². The molecule has 0 aliphatic heterocycles. The van der Waals surface area contributed by atoms with Crippen LogP contribution in [0.1, 0.15) is 0 Å². The Morgan fingerprint density at radius 3 is 2.20 bits per heavy atom. The van der Waals surface area contributed by atoms with E-state index in [4.69, 9.17) is 23.1 Å². The fourth-order valence-electron chi connectivity index (χ4n) is 1.27. The molecule has 1 aromatic heterocycles. The molecule has 0 unspecified atom stereocenters. The maximum atomic E-state index is 5.79. The van der Waals surface area contributed by atoms with E-state index < -0.39 is 0 Å². The first-order chi connectivity index (χ1) is 7.16. The van der Waals surface area contributed by atoms with Crippen molar-refractivity contribution in [3.8, 4) is 11.3 Å². The van der Waals surface area contributed by atoms with Crippen molar-refractivity contribution in [2.24, 2.45) is 0 Å². The van der Waals surface area contributed by atoms with Gasteiger partial charge in [-0.05, 0) is 24.3 Å². The summed E-state index contributed by atoms with van der Waals surface area (Å²) >= 11 is 5.79. The van der Waals surface area contributed by atoms with Crippen molar-refractivity contribution in [1.29, 1.82) is 0 Å². The lowest BCUT2D eigenvalue weighted by Crippen LogP contribution is -1.98. The largest absolute Gasteiger partial charge is 0.396 e. The second-order valence-electron chi connectivity index (χ2n) is 3.18. The van der Waals surface area contributed by atoms with Gasteiger partial charge in [0.05, 0.1) is 11.4 Å². The topological polar surface area (TPSA) is 64.9 Å². The third kappa shape index (κ3) is 2.02. The summed E-state index contributed by atoms with van der Waals surface area (Å²) < 4.78 is 0. The summed E-state index contributed by atoms with van der Waals surface area (Å²) in [4.78, 5) is 4.18. The molecule has 4 heteroatoms. The van der Waals surface area contributed by atoms with Crippen molar-refractivity contribution in [2.45, 2.75) is 0 Å². The van der Waals surface area contributed by atoms with Crippen molar-refractivity contribution < 1.29 is 0 Å². The molecule has 0 radical (unpaired) electrons. The molecule has 2 rings (SSSR count). The first-order valence-corrected chi connectivity index (χ1v) is 4.82. The van der Waals surface area contributed by atoms with Crippen molar-refractivity contribution >= 4 is 23.1 Å². The zero-order chi connectivity index (χ0) is 10.8. The fraction of sp³-hybridized carbons (Fsp3) is 0. The van der Waals surface area contributed by atoms with Crippen LogP contribution in [0.3, 0.4) is 0 Å². The lowest BCUT2D eigenvalue weighted by molar-refractivity contribution is 1.34. The van der Waals surface area contributed by atoms with E-state index in [0.29, 0.717) is 16.5 Å². The number of nitrogens with two attached hydrogens (primary N) is 2. The maximum absolute atomic E-state index is 5.79. The van der Waals surface area contributed by atoms with E-state index in [1.165, 1.54) is 0 Å². The number of hydrogen-bond acceptors (Lipinski definition) is 3. The van der Waals surface area contributed by atoms with Crippen LogP contribution in [-0.4, -0.2) is 4.98 Å². The molecule has 0 fully saturated rings. The normalized spacial score (nSPS) is 10.2. The Balaban J connectivity index is 2.45. The highest BCUT2D eigenvalue weighted by Crippen LogP contribution is 2.22. The van der Waals surface area contributed by atoms with E-state index in [0.717, 1.165) is 11.3 Å². The fourth-order valence-corrected chi connectivity index (χ4v) is 1.39. The Hall–Kier alpha value is -1.74. The van der Waals surface area contributed by atoms with Gasteiger partial charge in [-0.15, -0.1) is 0 Å². The predicted molar refractivity (Wildman–Crippen MR) is 63.5 cm³/mol. The number of aromatic nitrogens is 1. The number of nitrogens with zero attached hydrogens (tertiary/aromatic N) is 1. The molecule has 1 heterocycles. The Kier molecular flexibility index (Phi) is 2.47. The molecule has 0 saturated heterocycles. The Bertz CT molecular complexity index is 480. The first-order valence-electron chi connectivity index (χ1n) is 4.45. The minimum absolute atomic E-state index is 0.349. The number of rotatable bonds is 1. The summed E-state index contributed by atoms with van der Waals surface area (Å²) in [5, 5.41) is 0.696. The van der Waals surface area contributed by atoms with Crippen molar-refractivity contribution in [2.75, 3.05) is 11.5 Å². The summed E-state index contributed by atoms with van der Waals surface area (Å²) in [6.45, 7) is 0. The second kappa shape index (κ2) is 3.79. The van der Waals surface area contributed by atoms with Crippen molar-refractivity contribution in [3.63, 3.8) is 0 Å². The van der Waals surface area contributed by atoms with Gasteiger partial charge < -0.3 is 11.5 Å². The molecule has 0 saturated carbocycles. The van der Waals surface area contributed by atoms with E-state index in [2.05, 4.69) is 4.98 Å². The molecular weight excluding hydrogens is 210 g/mol. The number of halogens is 1. The van der Waals surface area contributed by atoms with Gasteiger partial charge in [0.2, 0.25) is 0 Å². The quantitative estimate of drug-likeness (QED) is 0.775. The van der Waals surface area contributed by atoms with Crippen LogP contribution in [-0.2, 0) is 0 Å². The predicted octanol–water partition coefficient (Wildman–Crippen LogP) is 2.57. The smallest absolute Gasteiger partial charge is 0.147 e. The molecule has 3 nitrogen and oxygen atoms in total. The molecule has 1 aromatic carbocycles. The third-order valence-corrected chi connectivity index (χ3v) is 2.35. The van der Waals surface area contributed by atoms with E-state index in [1.807, 2.05) is 30.3 Å². The van der Waals surface area contributed by atoms with E-state index in [9.17, 15) is 0 Å². The molecule has 0 bridgehead atoms. The number of nitrogen functional groups attached to an aromatic ring is 2. The molecule has 0 aliphatic carbocycles. The Labute approximate surface area is 92.7 Å². The summed E-state index contributed by atoms with van der Waals surface area (Å²) in [5.74, 6) is 0.349. The van der Waals surface area contributed by atoms with Crippen LogP contribution in [0.15, 0.2) is 36.4 Å². The molecule has 0 atom stereocenters. The number of hydrogen-bond donors (Lipinski definition) is 2. The summed E-state index contributed by atoms with van der Waals surface area (Å²) in [5.41, 5.74) is 13.5. The summed E-state index contributed by atoms with van der Waals surface area (Å²) in [6, 6.07) is 11.0. The van der Waals surface area contributed by atoms with Crippen LogP contribution in [0.25, 0.3) is 11.3 Å². The zero-order valence-electron chi connectivity index (χ0n) is 7.94. The highest BCUT2D eigenvalue weighted by atomic mass is 35.5. The first kappa shape index (κ1) is 9.80. The van der Waals surface area contributed by atoms with E-state index in [-0.39, 0.29) is 0 Å². The molecule has 0 aliphatic rings. The van der Waals surface area contributed by atoms with Gasteiger partial charge in [-0.2, -0.15) is 0 Å². The second-order valence-corrected chi connectivity index (χ2v) is 3.61. The molecular formula is C11H10ClN3. The van der Waals surface area contributed by atoms with Gasteiger partial charge in [0, 0.05) is 10.6 Å². The van der Waals surface area contributed by atoms with Gasteiger partial charge >= 0.3 is 0 Å². The van der Waals surface area contributed by atoms with Crippen LogP contribution in [0.4, 0.5) is 11.5 Å². The number of benzene rings is 1. The average Bonchev–Trinajstić information content (AvgIpc) is 2.23. The number of anilines is 2. The van der Waals surface area contributed by atoms with Crippen molar-refractivity contribution in [1.82, 2.24) is 4.98 Å². The summed E-state index contributed by atoms with van der Waals surface area (Å²) in [7, 11) is 0. The minimum atomic E-state index is 0.349. The van der Waals surface area contributed by atoms with Crippen LogP contribution < -0.4 is 11.5 Å².